The monoisotopic (exact) mass is 376 g/mol. The van der Waals surface area contributed by atoms with E-state index in [0.29, 0.717) is 36.5 Å². The van der Waals surface area contributed by atoms with Crippen LogP contribution in [-0.4, -0.2) is 59.2 Å². The second-order valence-electron chi connectivity index (χ2n) is 7.18. The fraction of sp³-hybridized carbons (Fsp3) is 0.667. The normalized spacial score (nSPS) is 18.8. The molecule has 9 nitrogen and oxygen atoms in total. The number of hydrogen-bond donors (Lipinski definition) is 3. The van der Waals surface area contributed by atoms with E-state index in [9.17, 15) is 9.59 Å². The number of hydrogen-bond acceptors (Lipinski definition) is 7. The summed E-state index contributed by atoms with van der Waals surface area (Å²) in [5.41, 5.74) is 5.79. The molecular weight excluding hydrogens is 348 g/mol. The molecule has 4 N–H and O–H groups in total. The van der Waals surface area contributed by atoms with Gasteiger partial charge in [0.05, 0.1) is 12.7 Å². The molecule has 0 bridgehead atoms. The summed E-state index contributed by atoms with van der Waals surface area (Å²) in [4.78, 5) is 33.7. The first kappa shape index (κ1) is 19.2. The van der Waals surface area contributed by atoms with Crippen LogP contribution < -0.4 is 16.4 Å². The third-order valence-electron chi connectivity index (χ3n) is 5.26. The topological polar surface area (TPSA) is 122 Å². The van der Waals surface area contributed by atoms with E-state index in [4.69, 9.17) is 10.5 Å². The molecule has 0 radical (unpaired) electrons. The van der Waals surface area contributed by atoms with Gasteiger partial charge < -0.3 is 26.0 Å². The highest BCUT2D eigenvalue weighted by molar-refractivity contribution is 5.97. The average Bonchev–Trinajstić information content (AvgIpc) is 2.69. The number of piperidine rings is 1. The molecule has 2 aliphatic rings. The summed E-state index contributed by atoms with van der Waals surface area (Å²) in [6, 6.07) is 0.468. The number of nitrogens with two attached hydrogens (primary N) is 1. The zero-order valence-corrected chi connectivity index (χ0v) is 15.7. The van der Waals surface area contributed by atoms with Gasteiger partial charge in [0, 0.05) is 31.4 Å². The first-order valence-electron chi connectivity index (χ1n) is 9.59. The number of nitrogens with zero attached hydrogens (tertiary/aromatic N) is 3. The van der Waals surface area contributed by atoms with E-state index >= 15 is 0 Å². The summed E-state index contributed by atoms with van der Waals surface area (Å²) in [5, 5.41) is 6.69. The molecule has 1 aromatic heterocycles. The van der Waals surface area contributed by atoms with Crippen molar-refractivity contribution in [2.45, 2.75) is 57.0 Å². The van der Waals surface area contributed by atoms with Crippen LogP contribution in [0.4, 0.5) is 16.6 Å². The zero-order valence-electron chi connectivity index (χ0n) is 15.7. The molecule has 2 heterocycles. The van der Waals surface area contributed by atoms with Gasteiger partial charge in [0.25, 0.3) is 5.91 Å². The Balaban J connectivity index is 1.64. The maximum Gasteiger partial charge on any atom is 0.409 e. The van der Waals surface area contributed by atoms with Crippen LogP contribution in [0.25, 0.3) is 0 Å². The van der Waals surface area contributed by atoms with Crippen molar-refractivity contribution in [3.8, 4) is 0 Å². The third-order valence-corrected chi connectivity index (χ3v) is 5.26. The highest BCUT2D eigenvalue weighted by atomic mass is 16.5. The van der Waals surface area contributed by atoms with Gasteiger partial charge in [-0.15, -0.1) is 0 Å². The Morgan fingerprint density at radius 3 is 2.41 bits per heavy atom. The number of likely N-dealkylation sites (tertiary alicyclic amines) is 1. The van der Waals surface area contributed by atoms with Gasteiger partial charge in [-0.25, -0.2) is 9.78 Å². The summed E-state index contributed by atoms with van der Waals surface area (Å²) < 4.78 is 4.76. The molecule has 0 atom stereocenters. The van der Waals surface area contributed by atoms with Gasteiger partial charge in [0.2, 0.25) is 5.95 Å². The number of amides is 2. The lowest BCUT2D eigenvalue weighted by Gasteiger charge is -2.31. The molecule has 0 aromatic carbocycles. The highest BCUT2D eigenvalue weighted by Gasteiger charge is 2.24. The maximum atomic E-state index is 11.7. The second kappa shape index (κ2) is 8.88. The minimum absolute atomic E-state index is 0.160. The third kappa shape index (κ3) is 4.99. The van der Waals surface area contributed by atoms with Crippen molar-refractivity contribution in [1.82, 2.24) is 14.9 Å². The van der Waals surface area contributed by atoms with Crippen LogP contribution in [0.1, 0.15) is 55.3 Å². The van der Waals surface area contributed by atoms with Crippen LogP contribution in [0.15, 0.2) is 6.20 Å². The van der Waals surface area contributed by atoms with Crippen molar-refractivity contribution >= 4 is 23.8 Å². The molecule has 9 heteroatoms. The van der Waals surface area contributed by atoms with Crippen molar-refractivity contribution in [2.75, 3.05) is 30.8 Å². The minimum Gasteiger partial charge on any atom is -0.453 e. The van der Waals surface area contributed by atoms with E-state index in [1.165, 1.54) is 32.6 Å². The van der Waals surface area contributed by atoms with Crippen molar-refractivity contribution < 1.29 is 14.3 Å². The average molecular weight is 376 g/mol. The maximum absolute atomic E-state index is 11.7. The molecule has 148 valence electrons. The van der Waals surface area contributed by atoms with Crippen LogP contribution in [0, 0.1) is 0 Å². The summed E-state index contributed by atoms with van der Waals surface area (Å²) in [6.45, 7) is 1.24. The molecule has 0 spiro atoms. The number of carbonyl (C=O) groups is 2. The van der Waals surface area contributed by atoms with Gasteiger partial charge in [-0.1, -0.05) is 19.3 Å². The van der Waals surface area contributed by atoms with Crippen molar-refractivity contribution in [3.63, 3.8) is 0 Å². The quantitative estimate of drug-likeness (QED) is 0.718. The minimum atomic E-state index is -0.536. The van der Waals surface area contributed by atoms with Crippen LogP contribution >= 0.6 is 0 Å². The van der Waals surface area contributed by atoms with Gasteiger partial charge in [-0.2, -0.15) is 4.98 Å². The Morgan fingerprint density at radius 2 is 1.78 bits per heavy atom. The van der Waals surface area contributed by atoms with E-state index in [-0.39, 0.29) is 12.1 Å². The van der Waals surface area contributed by atoms with Crippen LogP contribution in [0.5, 0.6) is 0 Å². The van der Waals surface area contributed by atoms with Crippen molar-refractivity contribution in [1.29, 1.82) is 0 Å². The number of carbonyl (C=O) groups excluding carboxylic acids is 2. The van der Waals surface area contributed by atoms with Gasteiger partial charge in [0.15, 0.2) is 0 Å². The molecular formula is C18H28N6O3. The molecule has 1 saturated heterocycles. The number of ether oxygens (including phenoxy) is 1. The van der Waals surface area contributed by atoms with Gasteiger partial charge in [0.1, 0.15) is 5.82 Å². The number of aromatic nitrogens is 2. The van der Waals surface area contributed by atoms with Crippen molar-refractivity contribution in [2.24, 2.45) is 5.73 Å². The molecule has 1 saturated carbocycles. The molecule has 1 aromatic rings. The van der Waals surface area contributed by atoms with E-state index in [2.05, 4.69) is 20.6 Å². The molecule has 1 aliphatic heterocycles. The lowest BCUT2D eigenvalue weighted by molar-refractivity contribution is 0.1000. The van der Waals surface area contributed by atoms with Gasteiger partial charge >= 0.3 is 6.09 Å². The van der Waals surface area contributed by atoms with E-state index < -0.39 is 5.91 Å². The molecule has 27 heavy (non-hydrogen) atoms. The predicted molar refractivity (Wildman–Crippen MR) is 102 cm³/mol. The Bertz CT molecular complexity index is 669. The SMILES string of the molecule is COC(=O)N1CCC(Nc2ncc(C(N)=O)c(NC3CCCCC3)n2)CC1. The number of nitrogens with one attached hydrogen (secondary N) is 2. The number of anilines is 2. The van der Waals surface area contributed by atoms with Crippen LogP contribution in [0.2, 0.25) is 0 Å². The largest absolute Gasteiger partial charge is 0.453 e. The second-order valence-corrected chi connectivity index (χ2v) is 7.18. The lowest BCUT2D eigenvalue weighted by atomic mass is 9.95. The fourth-order valence-corrected chi connectivity index (χ4v) is 3.70. The Labute approximate surface area is 159 Å². The Morgan fingerprint density at radius 1 is 1.11 bits per heavy atom. The summed E-state index contributed by atoms with van der Waals surface area (Å²) in [5.74, 6) is 0.431. The van der Waals surface area contributed by atoms with Crippen LogP contribution in [0.3, 0.4) is 0 Å². The summed E-state index contributed by atoms with van der Waals surface area (Å²) >= 11 is 0. The standard InChI is InChI=1S/C18H28N6O3/c1-27-18(26)24-9-7-13(8-10-24)22-17-20-11-14(15(19)25)16(23-17)21-12-5-3-2-4-6-12/h11-13H,2-10H2,1H3,(H2,19,25)(H2,20,21,22,23). The number of rotatable bonds is 5. The predicted octanol–water partition coefficient (Wildman–Crippen LogP) is 1.96. The van der Waals surface area contributed by atoms with Gasteiger partial charge in [-0.3, -0.25) is 4.79 Å². The molecule has 2 amide bonds. The number of methoxy groups -OCH3 is 1. The van der Waals surface area contributed by atoms with Crippen LogP contribution in [-0.2, 0) is 4.74 Å². The molecule has 2 fully saturated rings. The number of primary amides is 1. The first-order chi connectivity index (χ1) is 13.1. The first-order valence-corrected chi connectivity index (χ1v) is 9.59. The molecule has 3 rings (SSSR count). The molecule has 1 aliphatic carbocycles. The highest BCUT2D eigenvalue weighted by Crippen LogP contribution is 2.23. The van der Waals surface area contributed by atoms with Gasteiger partial charge in [-0.05, 0) is 25.7 Å². The Kier molecular flexibility index (Phi) is 6.31. The smallest absolute Gasteiger partial charge is 0.409 e. The zero-order chi connectivity index (χ0) is 19.2. The lowest BCUT2D eigenvalue weighted by Crippen LogP contribution is -2.42. The van der Waals surface area contributed by atoms with E-state index in [1.807, 2.05) is 0 Å². The van der Waals surface area contributed by atoms with E-state index in [1.54, 1.807) is 4.90 Å². The summed E-state index contributed by atoms with van der Waals surface area (Å²) in [6.07, 6.45) is 8.48. The summed E-state index contributed by atoms with van der Waals surface area (Å²) in [7, 11) is 1.39. The van der Waals surface area contributed by atoms with E-state index in [0.717, 1.165) is 25.7 Å². The van der Waals surface area contributed by atoms with Crippen molar-refractivity contribution in [3.05, 3.63) is 11.8 Å². The molecule has 0 unspecified atom stereocenters. The fourth-order valence-electron chi connectivity index (χ4n) is 3.70. The Hall–Kier alpha value is -2.58.